The van der Waals surface area contributed by atoms with Crippen LogP contribution in [0.15, 0.2) is 47.8 Å². The van der Waals surface area contributed by atoms with Crippen LogP contribution in [0.5, 0.6) is 0 Å². The first-order valence-electron chi connectivity index (χ1n) is 5.99. The van der Waals surface area contributed by atoms with Crippen molar-refractivity contribution in [3.8, 4) is 0 Å². The number of benzene rings is 1. The Morgan fingerprint density at radius 3 is 2.85 bits per heavy atom. The molecular formula is C14H15FN4O. The van der Waals surface area contributed by atoms with E-state index in [-0.39, 0.29) is 11.7 Å². The third kappa shape index (κ3) is 3.23. The predicted octanol–water partition coefficient (Wildman–Crippen LogP) is 1.95. The monoisotopic (exact) mass is 274 g/mol. The number of pyridine rings is 1. The van der Waals surface area contributed by atoms with E-state index in [0.717, 1.165) is 5.56 Å². The number of hydrogen-bond donors (Lipinski definition) is 2. The zero-order valence-electron chi connectivity index (χ0n) is 11.0. The lowest BCUT2D eigenvalue weighted by Crippen LogP contribution is -2.18. The molecule has 2 rings (SSSR count). The van der Waals surface area contributed by atoms with Crippen LogP contribution in [0.25, 0.3) is 0 Å². The highest BCUT2D eigenvalue weighted by molar-refractivity contribution is 5.97. The maximum atomic E-state index is 12.8. The Morgan fingerprint density at radius 2 is 2.20 bits per heavy atom. The summed E-state index contributed by atoms with van der Waals surface area (Å²) in [5.41, 5.74) is 7.17. The van der Waals surface area contributed by atoms with Crippen molar-refractivity contribution in [3.63, 3.8) is 0 Å². The first-order chi connectivity index (χ1) is 9.60. The summed E-state index contributed by atoms with van der Waals surface area (Å²) < 4.78 is 12.8. The highest BCUT2D eigenvalue weighted by Gasteiger charge is 2.06. The molecular weight excluding hydrogens is 259 g/mol. The van der Waals surface area contributed by atoms with Crippen molar-refractivity contribution in [1.82, 2.24) is 4.98 Å². The van der Waals surface area contributed by atoms with Crippen LogP contribution in [-0.4, -0.2) is 23.1 Å². The van der Waals surface area contributed by atoms with Gasteiger partial charge in [-0.05, 0) is 23.8 Å². The molecule has 1 aromatic carbocycles. The maximum absolute atomic E-state index is 12.8. The summed E-state index contributed by atoms with van der Waals surface area (Å²) in [5, 5.41) is 11.6. The van der Waals surface area contributed by atoms with Crippen LogP contribution in [0.3, 0.4) is 0 Å². The molecule has 0 unspecified atom stereocenters. The van der Waals surface area contributed by atoms with Gasteiger partial charge in [-0.2, -0.15) is 0 Å². The van der Waals surface area contributed by atoms with E-state index in [0.29, 0.717) is 17.9 Å². The number of anilines is 1. The summed E-state index contributed by atoms with van der Waals surface area (Å²) in [6.45, 7) is 0.575. The highest BCUT2D eigenvalue weighted by Crippen LogP contribution is 2.14. The zero-order chi connectivity index (χ0) is 14.5. The molecule has 0 aliphatic rings. The molecule has 0 aliphatic carbocycles. The lowest BCUT2D eigenvalue weighted by Gasteiger charge is -2.18. The quantitative estimate of drug-likeness (QED) is 0.387. The number of amidine groups is 1. The number of oxime groups is 1. The summed E-state index contributed by atoms with van der Waals surface area (Å²) in [6.07, 6.45) is 1.18. The number of aromatic nitrogens is 1. The number of rotatable bonds is 4. The van der Waals surface area contributed by atoms with Crippen molar-refractivity contribution in [2.75, 3.05) is 11.9 Å². The molecule has 0 saturated heterocycles. The Kier molecular flexibility index (Phi) is 4.14. The molecule has 0 bridgehead atoms. The molecule has 1 heterocycles. The summed E-state index contributed by atoms with van der Waals surface area (Å²) in [7, 11) is 1.86. The average Bonchev–Trinajstić information content (AvgIpc) is 2.47. The van der Waals surface area contributed by atoms with E-state index >= 15 is 0 Å². The molecule has 20 heavy (non-hydrogen) atoms. The molecule has 2 aromatic rings. The Balaban J connectivity index is 2.15. The van der Waals surface area contributed by atoms with Gasteiger partial charge in [0.2, 0.25) is 0 Å². The number of hydrogen-bond acceptors (Lipinski definition) is 4. The smallest absolute Gasteiger partial charge is 0.170 e. The van der Waals surface area contributed by atoms with Crippen LogP contribution >= 0.6 is 0 Å². The summed E-state index contributed by atoms with van der Waals surface area (Å²) >= 11 is 0. The summed E-state index contributed by atoms with van der Waals surface area (Å²) in [5.74, 6) is 0.367. The molecule has 6 heteroatoms. The van der Waals surface area contributed by atoms with Crippen molar-refractivity contribution in [3.05, 3.63) is 59.5 Å². The topological polar surface area (TPSA) is 74.7 Å². The van der Waals surface area contributed by atoms with Gasteiger partial charge in [-0.1, -0.05) is 23.4 Å². The van der Waals surface area contributed by atoms with Gasteiger partial charge in [0.15, 0.2) is 5.84 Å². The molecule has 0 saturated carbocycles. The standard InChI is InChI=1S/C14H15FN4O/c1-19(13-6-5-12(15)8-17-13)9-10-3-2-4-11(7-10)14(16)18-20/h2-8,20H,9H2,1H3,(H2,16,18). The third-order valence-electron chi connectivity index (χ3n) is 2.85. The Hall–Kier alpha value is -2.63. The lowest BCUT2D eigenvalue weighted by molar-refractivity contribution is 0.318. The van der Waals surface area contributed by atoms with E-state index in [1.807, 2.05) is 30.1 Å². The zero-order valence-corrected chi connectivity index (χ0v) is 11.0. The minimum atomic E-state index is -0.365. The third-order valence-corrected chi connectivity index (χ3v) is 2.85. The largest absolute Gasteiger partial charge is 0.409 e. The molecule has 0 spiro atoms. The highest BCUT2D eigenvalue weighted by atomic mass is 19.1. The molecule has 0 amide bonds. The second kappa shape index (κ2) is 6.01. The van der Waals surface area contributed by atoms with Crippen LogP contribution in [0, 0.1) is 5.82 Å². The fourth-order valence-corrected chi connectivity index (χ4v) is 1.84. The normalized spacial score (nSPS) is 11.4. The molecule has 5 nitrogen and oxygen atoms in total. The van der Waals surface area contributed by atoms with Gasteiger partial charge < -0.3 is 15.8 Å². The summed E-state index contributed by atoms with van der Waals surface area (Å²) in [4.78, 5) is 5.89. The van der Waals surface area contributed by atoms with Crippen LogP contribution in [-0.2, 0) is 6.54 Å². The Morgan fingerprint density at radius 1 is 1.40 bits per heavy atom. The van der Waals surface area contributed by atoms with Crippen molar-refractivity contribution >= 4 is 11.7 Å². The molecule has 0 atom stereocenters. The first kappa shape index (κ1) is 13.8. The predicted molar refractivity (Wildman–Crippen MR) is 75.3 cm³/mol. The van der Waals surface area contributed by atoms with Crippen molar-refractivity contribution in [2.24, 2.45) is 10.9 Å². The van der Waals surface area contributed by atoms with Gasteiger partial charge in [0.05, 0.1) is 6.20 Å². The number of nitrogens with two attached hydrogens (primary N) is 1. The second-order valence-corrected chi connectivity index (χ2v) is 4.38. The van der Waals surface area contributed by atoms with Gasteiger partial charge in [-0.3, -0.25) is 0 Å². The van der Waals surface area contributed by atoms with Crippen molar-refractivity contribution in [1.29, 1.82) is 0 Å². The second-order valence-electron chi connectivity index (χ2n) is 4.38. The van der Waals surface area contributed by atoms with Crippen molar-refractivity contribution in [2.45, 2.75) is 6.54 Å². The molecule has 0 fully saturated rings. The fourth-order valence-electron chi connectivity index (χ4n) is 1.84. The molecule has 0 radical (unpaired) electrons. The lowest BCUT2D eigenvalue weighted by atomic mass is 10.1. The molecule has 3 N–H and O–H groups in total. The Bertz CT molecular complexity index is 613. The van der Waals surface area contributed by atoms with Gasteiger partial charge in [0, 0.05) is 19.2 Å². The fraction of sp³-hybridized carbons (Fsp3) is 0.143. The van der Waals surface area contributed by atoms with E-state index in [2.05, 4.69) is 10.1 Å². The van der Waals surface area contributed by atoms with E-state index in [1.165, 1.54) is 12.3 Å². The van der Waals surface area contributed by atoms with Crippen molar-refractivity contribution < 1.29 is 9.60 Å². The first-order valence-corrected chi connectivity index (χ1v) is 5.99. The van der Waals surface area contributed by atoms with Gasteiger partial charge in [0.1, 0.15) is 11.6 Å². The van der Waals surface area contributed by atoms with Crippen LogP contribution in [0.1, 0.15) is 11.1 Å². The van der Waals surface area contributed by atoms with Gasteiger partial charge in [0.25, 0.3) is 0 Å². The molecule has 104 valence electrons. The van der Waals surface area contributed by atoms with Gasteiger partial charge in [-0.15, -0.1) is 0 Å². The minimum Gasteiger partial charge on any atom is -0.409 e. The summed E-state index contributed by atoms with van der Waals surface area (Å²) in [6, 6.07) is 10.3. The van der Waals surface area contributed by atoms with Crippen LogP contribution in [0.4, 0.5) is 10.2 Å². The van der Waals surface area contributed by atoms with Gasteiger partial charge >= 0.3 is 0 Å². The van der Waals surface area contributed by atoms with E-state index in [4.69, 9.17) is 10.9 Å². The van der Waals surface area contributed by atoms with Crippen LogP contribution < -0.4 is 10.6 Å². The SMILES string of the molecule is CN(Cc1cccc(C(N)=NO)c1)c1ccc(F)cn1. The van der Waals surface area contributed by atoms with E-state index < -0.39 is 0 Å². The number of halogens is 1. The minimum absolute atomic E-state index is 0.0643. The maximum Gasteiger partial charge on any atom is 0.170 e. The Labute approximate surface area is 116 Å². The average molecular weight is 274 g/mol. The van der Waals surface area contributed by atoms with E-state index in [1.54, 1.807) is 12.1 Å². The molecule has 0 aliphatic heterocycles. The van der Waals surface area contributed by atoms with Crippen LogP contribution in [0.2, 0.25) is 0 Å². The van der Waals surface area contributed by atoms with Gasteiger partial charge in [-0.25, -0.2) is 9.37 Å². The number of nitrogens with zero attached hydrogens (tertiary/aromatic N) is 3. The van der Waals surface area contributed by atoms with E-state index in [9.17, 15) is 4.39 Å². The molecule has 1 aromatic heterocycles.